The number of methoxy groups -OCH3 is 3. The van der Waals surface area contributed by atoms with Gasteiger partial charge in [-0.25, -0.2) is 4.98 Å². The Hall–Kier alpha value is -3.69. The predicted octanol–water partition coefficient (Wildman–Crippen LogP) is 4.46. The molecule has 10 nitrogen and oxygen atoms in total. The molecule has 37 heavy (non-hydrogen) atoms. The summed E-state index contributed by atoms with van der Waals surface area (Å²) in [7, 11) is 4.45. The smallest absolute Gasteiger partial charge is 0.232 e. The molecule has 2 rings (SSSR count). The molecule has 0 saturated heterocycles. The molecule has 1 aromatic heterocycles. The molecule has 0 spiro atoms. The number of hydrogen-bond acceptors (Lipinski definition) is 8. The number of anilines is 2. The van der Waals surface area contributed by atoms with Crippen molar-refractivity contribution in [2.24, 2.45) is 10.8 Å². The van der Waals surface area contributed by atoms with E-state index in [0.717, 1.165) is 0 Å². The Bertz CT molecular complexity index is 1180. The molecule has 2 amide bonds. The Balaban J connectivity index is 2.51. The number of ether oxygens (including phenoxy) is 3. The van der Waals surface area contributed by atoms with Crippen LogP contribution in [0.25, 0.3) is 0 Å². The van der Waals surface area contributed by atoms with E-state index in [1.165, 1.54) is 28.3 Å². The van der Waals surface area contributed by atoms with E-state index < -0.39 is 10.8 Å². The van der Waals surface area contributed by atoms with Crippen LogP contribution >= 0.6 is 0 Å². The normalized spacial score (nSPS) is 11.5. The van der Waals surface area contributed by atoms with E-state index in [9.17, 15) is 14.4 Å². The molecule has 0 unspecified atom stereocenters. The van der Waals surface area contributed by atoms with Crippen LogP contribution in [-0.2, 0) is 22.4 Å². The van der Waals surface area contributed by atoms with Crippen molar-refractivity contribution in [3.63, 3.8) is 0 Å². The SMILES string of the molecule is COc1cc(CCc2cnc(NC(=O)C(C)(C)C)nc2NC(=O)C(C)(C)C)c(C(C)=O)c(OC)c1OC. The van der Waals surface area contributed by atoms with Crippen LogP contribution in [0.2, 0.25) is 0 Å². The maximum Gasteiger partial charge on any atom is 0.232 e. The van der Waals surface area contributed by atoms with Crippen molar-refractivity contribution >= 4 is 29.4 Å². The lowest BCUT2D eigenvalue weighted by Crippen LogP contribution is -2.30. The second kappa shape index (κ2) is 11.6. The molecule has 2 N–H and O–H groups in total. The number of nitrogens with one attached hydrogen (secondary N) is 2. The van der Waals surface area contributed by atoms with E-state index in [1.54, 1.807) is 53.8 Å². The molecule has 2 aromatic rings. The van der Waals surface area contributed by atoms with Gasteiger partial charge in [-0.1, -0.05) is 41.5 Å². The molecule has 0 aliphatic heterocycles. The van der Waals surface area contributed by atoms with Crippen molar-refractivity contribution in [3.8, 4) is 17.2 Å². The number of hydrogen-bond donors (Lipinski definition) is 2. The van der Waals surface area contributed by atoms with Crippen molar-refractivity contribution in [2.75, 3.05) is 32.0 Å². The molecule has 202 valence electrons. The lowest BCUT2D eigenvalue weighted by molar-refractivity contribution is -0.123. The number of aromatic nitrogens is 2. The molecule has 0 aliphatic carbocycles. The summed E-state index contributed by atoms with van der Waals surface area (Å²) in [6, 6.07) is 1.74. The van der Waals surface area contributed by atoms with Gasteiger partial charge in [0.25, 0.3) is 0 Å². The van der Waals surface area contributed by atoms with Gasteiger partial charge in [-0.15, -0.1) is 0 Å². The topological polar surface area (TPSA) is 129 Å². The van der Waals surface area contributed by atoms with Crippen molar-refractivity contribution in [2.45, 2.75) is 61.3 Å². The molecule has 0 saturated carbocycles. The van der Waals surface area contributed by atoms with Gasteiger partial charge in [0.1, 0.15) is 5.82 Å². The fraction of sp³-hybridized carbons (Fsp3) is 0.519. The molecule has 0 bridgehead atoms. The molecule has 0 radical (unpaired) electrons. The van der Waals surface area contributed by atoms with Gasteiger partial charge in [0, 0.05) is 22.6 Å². The van der Waals surface area contributed by atoms with Crippen LogP contribution in [0.3, 0.4) is 0 Å². The van der Waals surface area contributed by atoms with E-state index in [1.807, 2.05) is 0 Å². The summed E-state index contributed by atoms with van der Waals surface area (Å²) in [5, 5.41) is 5.56. The van der Waals surface area contributed by atoms with Crippen LogP contribution in [0.5, 0.6) is 17.2 Å². The second-order valence-corrected chi connectivity index (χ2v) is 10.7. The van der Waals surface area contributed by atoms with Gasteiger partial charge in [0.05, 0.1) is 26.9 Å². The largest absolute Gasteiger partial charge is 0.493 e. The Morgan fingerprint density at radius 1 is 0.811 bits per heavy atom. The van der Waals surface area contributed by atoms with Crippen LogP contribution in [0.1, 0.15) is 70.0 Å². The molecule has 1 aromatic carbocycles. The van der Waals surface area contributed by atoms with Gasteiger partial charge in [0.2, 0.25) is 23.5 Å². The fourth-order valence-electron chi connectivity index (χ4n) is 3.40. The minimum absolute atomic E-state index is 0.0881. The highest BCUT2D eigenvalue weighted by Gasteiger charge is 2.26. The van der Waals surface area contributed by atoms with Crippen molar-refractivity contribution in [3.05, 3.63) is 29.0 Å². The summed E-state index contributed by atoms with van der Waals surface area (Å²) >= 11 is 0. The van der Waals surface area contributed by atoms with Gasteiger partial charge >= 0.3 is 0 Å². The molecule has 0 aliphatic rings. The summed E-state index contributed by atoms with van der Waals surface area (Å²) in [6.07, 6.45) is 2.34. The number of amides is 2. The summed E-state index contributed by atoms with van der Waals surface area (Å²) in [4.78, 5) is 46.5. The average molecular weight is 515 g/mol. The minimum Gasteiger partial charge on any atom is -0.493 e. The summed E-state index contributed by atoms with van der Waals surface area (Å²) in [6.45, 7) is 12.2. The number of ketones is 1. The van der Waals surface area contributed by atoms with E-state index in [2.05, 4.69) is 20.6 Å². The molecule has 0 atom stereocenters. The number of nitrogens with zero attached hydrogens (tertiary/aromatic N) is 2. The third-order valence-corrected chi connectivity index (χ3v) is 5.61. The highest BCUT2D eigenvalue weighted by Crippen LogP contribution is 2.42. The van der Waals surface area contributed by atoms with Gasteiger partial charge in [-0.3, -0.25) is 19.7 Å². The van der Waals surface area contributed by atoms with E-state index in [4.69, 9.17) is 14.2 Å². The highest BCUT2D eigenvalue weighted by atomic mass is 16.5. The second-order valence-electron chi connectivity index (χ2n) is 10.7. The number of benzene rings is 1. The van der Waals surface area contributed by atoms with Gasteiger partial charge < -0.3 is 19.5 Å². The molecular weight excluding hydrogens is 476 g/mol. The number of carbonyl (C=O) groups is 3. The van der Waals surface area contributed by atoms with Crippen LogP contribution < -0.4 is 24.8 Å². The van der Waals surface area contributed by atoms with Gasteiger partial charge in [-0.05, 0) is 31.4 Å². The quantitative estimate of drug-likeness (QED) is 0.469. The first-order chi connectivity index (χ1) is 17.1. The predicted molar refractivity (Wildman–Crippen MR) is 142 cm³/mol. The molecular formula is C27H38N4O6. The number of rotatable bonds is 9. The molecule has 1 heterocycles. The van der Waals surface area contributed by atoms with Gasteiger partial charge in [0.15, 0.2) is 17.3 Å². The third-order valence-electron chi connectivity index (χ3n) is 5.61. The van der Waals surface area contributed by atoms with E-state index in [-0.39, 0.29) is 29.4 Å². The lowest BCUT2D eigenvalue weighted by atomic mass is 9.95. The number of aryl methyl sites for hydroxylation is 2. The van der Waals surface area contributed by atoms with E-state index in [0.29, 0.717) is 46.8 Å². The maximum atomic E-state index is 12.8. The highest BCUT2D eigenvalue weighted by molar-refractivity contribution is 6.00. The molecule has 0 fully saturated rings. The third kappa shape index (κ3) is 7.18. The average Bonchev–Trinajstić information content (AvgIpc) is 2.80. The van der Waals surface area contributed by atoms with Crippen LogP contribution in [0.15, 0.2) is 12.3 Å². The number of carbonyl (C=O) groups excluding carboxylic acids is 3. The summed E-state index contributed by atoms with van der Waals surface area (Å²) in [5.41, 5.74) is 0.382. The minimum atomic E-state index is -0.671. The standard InChI is InChI=1S/C27H38N4O6/c1-15(32)19-16(13-18(35-8)20(36-9)21(19)37-10)11-12-17-14-28-25(31-24(34)27(5,6)7)30-22(17)29-23(33)26(2,3)4/h13-14H,11-12H2,1-10H3,(H2,28,29,30,31,33,34). The van der Waals surface area contributed by atoms with E-state index >= 15 is 0 Å². The first kappa shape index (κ1) is 29.5. The fourth-order valence-corrected chi connectivity index (χ4v) is 3.40. The summed E-state index contributed by atoms with van der Waals surface area (Å²) in [5.74, 6) is 0.750. The zero-order valence-corrected chi connectivity index (χ0v) is 23.4. The van der Waals surface area contributed by atoms with Crippen LogP contribution in [0, 0.1) is 10.8 Å². The zero-order chi connectivity index (χ0) is 28.1. The van der Waals surface area contributed by atoms with Crippen LogP contribution in [-0.4, -0.2) is 48.9 Å². The van der Waals surface area contributed by atoms with Crippen LogP contribution in [0.4, 0.5) is 11.8 Å². The Morgan fingerprint density at radius 2 is 1.35 bits per heavy atom. The molecule has 10 heteroatoms. The first-order valence-electron chi connectivity index (χ1n) is 12.0. The monoisotopic (exact) mass is 514 g/mol. The van der Waals surface area contributed by atoms with Crippen molar-refractivity contribution in [1.29, 1.82) is 0 Å². The Morgan fingerprint density at radius 3 is 1.84 bits per heavy atom. The summed E-state index contributed by atoms with van der Waals surface area (Å²) < 4.78 is 16.4. The van der Waals surface area contributed by atoms with Gasteiger partial charge in [-0.2, -0.15) is 4.98 Å². The lowest BCUT2D eigenvalue weighted by Gasteiger charge is -2.21. The Kier molecular flexibility index (Phi) is 9.24. The Labute approximate surface area is 218 Å². The number of Topliss-reactive ketones (excluding diaryl/α,β-unsaturated/α-hetero) is 1. The van der Waals surface area contributed by atoms with Crippen molar-refractivity contribution in [1.82, 2.24) is 9.97 Å². The zero-order valence-electron chi connectivity index (χ0n) is 23.4. The maximum absolute atomic E-state index is 12.8. The first-order valence-corrected chi connectivity index (χ1v) is 12.0. The van der Waals surface area contributed by atoms with Crippen molar-refractivity contribution < 1.29 is 28.6 Å².